The molecule has 0 radical (unpaired) electrons. The van der Waals surface area contributed by atoms with Crippen LogP contribution in [0.1, 0.15) is 27.5 Å². The molecule has 0 amide bonds. The number of ketones is 1. The maximum absolute atomic E-state index is 12.2. The first kappa shape index (κ1) is 12.7. The Morgan fingerprint density at radius 1 is 1.05 bits per heavy atom. The van der Waals surface area contributed by atoms with E-state index in [0.29, 0.717) is 16.7 Å². The molecule has 0 heterocycles. The number of rotatable bonds is 4. The largest absolute Gasteiger partial charge is 0.289 e. The molecule has 92 valence electrons. The molecule has 0 N–H and O–H groups in total. The highest BCUT2D eigenvalue weighted by Gasteiger charge is 2.14. The quantitative estimate of drug-likeness (QED) is 0.617. The average molecular weight is 250 g/mol. The molecule has 0 fully saturated rings. The van der Waals surface area contributed by atoms with E-state index in [4.69, 9.17) is 5.26 Å². The van der Waals surface area contributed by atoms with E-state index < -0.39 is 6.04 Å². The van der Waals surface area contributed by atoms with Crippen molar-refractivity contribution in [2.45, 2.75) is 6.04 Å². The van der Waals surface area contributed by atoms with Crippen LogP contribution in [0, 0.1) is 16.2 Å². The Labute approximate surface area is 110 Å². The van der Waals surface area contributed by atoms with Crippen molar-refractivity contribution in [3.8, 4) is 6.07 Å². The van der Waals surface area contributed by atoms with Crippen molar-refractivity contribution in [1.82, 2.24) is 0 Å². The smallest absolute Gasteiger partial charge is 0.203 e. The van der Waals surface area contributed by atoms with Gasteiger partial charge in [0.1, 0.15) is 0 Å². The Morgan fingerprint density at radius 3 is 2.37 bits per heavy atom. The van der Waals surface area contributed by atoms with Crippen molar-refractivity contribution in [1.29, 1.82) is 5.26 Å². The van der Waals surface area contributed by atoms with Gasteiger partial charge in [-0.1, -0.05) is 48.5 Å². The summed E-state index contributed by atoms with van der Waals surface area (Å²) in [4.78, 5) is 22.7. The molecule has 1 unspecified atom stereocenters. The van der Waals surface area contributed by atoms with Crippen LogP contribution < -0.4 is 0 Å². The van der Waals surface area contributed by atoms with Crippen molar-refractivity contribution >= 4 is 5.78 Å². The van der Waals surface area contributed by atoms with Crippen LogP contribution in [0.3, 0.4) is 0 Å². The first-order valence-electron chi connectivity index (χ1n) is 5.68. The van der Waals surface area contributed by atoms with Crippen molar-refractivity contribution in [3.63, 3.8) is 0 Å². The van der Waals surface area contributed by atoms with Crippen molar-refractivity contribution < 1.29 is 4.79 Å². The van der Waals surface area contributed by atoms with Gasteiger partial charge in [0.05, 0.1) is 6.07 Å². The van der Waals surface area contributed by atoms with Crippen LogP contribution in [0.5, 0.6) is 0 Å². The molecule has 0 aliphatic carbocycles. The third kappa shape index (κ3) is 2.72. The van der Waals surface area contributed by atoms with Crippen LogP contribution in [-0.4, -0.2) is 5.78 Å². The first-order valence-corrected chi connectivity index (χ1v) is 5.68. The highest BCUT2D eigenvalue weighted by atomic mass is 16.3. The van der Waals surface area contributed by atoms with Gasteiger partial charge in [-0.05, 0) is 16.8 Å². The molecule has 0 aromatic heterocycles. The van der Waals surface area contributed by atoms with Gasteiger partial charge in [-0.25, -0.2) is 0 Å². The van der Waals surface area contributed by atoms with Crippen LogP contribution in [-0.2, 0) is 0 Å². The van der Waals surface area contributed by atoms with E-state index in [9.17, 15) is 9.70 Å². The lowest BCUT2D eigenvalue weighted by atomic mass is 9.99. The van der Waals surface area contributed by atoms with Crippen LogP contribution in [0.25, 0.3) is 0 Å². The number of nitrogens with zero attached hydrogens (tertiary/aromatic N) is 2. The molecule has 2 aromatic rings. The van der Waals surface area contributed by atoms with Gasteiger partial charge < -0.3 is 0 Å². The topological polar surface area (TPSA) is 70.3 Å². The van der Waals surface area contributed by atoms with Crippen molar-refractivity contribution in [3.05, 3.63) is 76.2 Å². The van der Waals surface area contributed by atoms with Crippen LogP contribution in [0.15, 0.2) is 59.8 Å². The molecular formula is C15H10N2O2. The Kier molecular flexibility index (Phi) is 3.79. The van der Waals surface area contributed by atoms with Gasteiger partial charge in [-0.2, -0.15) is 5.26 Å². The molecule has 0 saturated carbocycles. The minimum absolute atomic E-state index is 0.148. The second kappa shape index (κ2) is 5.69. The fourth-order valence-electron chi connectivity index (χ4n) is 1.77. The van der Waals surface area contributed by atoms with E-state index in [1.54, 1.807) is 48.5 Å². The summed E-state index contributed by atoms with van der Waals surface area (Å²) < 4.78 is 0. The second-order valence-corrected chi connectivity index (χ2v) is 3.96. The standard InChI is InChI=1S/C15H10N2O2/c16-10-14(17-19)12-7-4-8-13(9-12)15(18)11-5-2-1-3-6-11/h1-9,14H. The zero-order valence-corrected chi connectivity index (χ0v) is 9.98. The number of benzene rings is 2. The summed E-state index contributed by atoms with van der Waals surface area (Å²) in [6.45, 7) is 0. The summed E-state index contributed by atoms with van der Waals surface area (Å²) in [6, 6.07) is 16.0. The third-order valence-electron chi connectivity index (χ3n) is 2.73. The average Bonchev–Trinajstić information content (AvgIpc) is 2.49. The summed E-state index contributed by atoms with van der Waals surface area (Å²) >= 11 is 0. The zero-order chi connectivity index (χ0) is 13.7. The van der Waals surface area contributed by atoms with E-state index in [2.05, 4.69) is 5.18 Å². The minimum Gasteiger partial charge on any atom is -0.289 e. The molecule has 2 aromatic carbocycles. The molecular weight excluding hydrogens is 240 g/mol. The number of nitroso groups, excluding NO2 is 1. The molecule has 1 atom stereocenters. The third-order valence-corrected chi connectivity index (χ3v) is 2.73. The van der Waals surface area contributed by atoms with Crippen LogP contribution >= 0.6 is 0 Å². The molecule has 0 saturated heterocycles. The van der Waals surface area contributed by atoms with Crippen molar-refractivity contribution in [2.75, 3.05) is 0 Å². The molecule has 0 bridgehead atoms. The zero-order valence-electron chi connectivity index (χ0n) is 9.98. The van der Waals surface area contributed by atoms with Crippen LogP contribution in [0.4, 0.5) is 0 Å². The number of carbonyl (C=O) groups excluding carboxylic acids is 1. The van der Waals surface area contributed by atoms with E-state index in [0.717, 1.165) is 0 Å². The van der Waals surface area contributed by atoms with E-state index >= 15 is 0 Å². The molecule has 0 spiro atoms. The van der Waals surface area contributed by atoms with Gasteiger partial charge in [0.15, 0.2) is 5.78 Å². The maximum Gasteiger partial charge on any atom is 0.203 e. The van der Waals surface area contributed by atoms with Crippen molar-refractivity contribution in [2.24, 2.45) is 5.18 Å². The van der Waals surface area contributed by atoms with E-state index in [-0.39, 0.29) is 5.78 Å². The fraction of sp³-hybridized carbons (Fsp3) is 0.0667. The SMILES string of the molecule is N#CC(N=O)c1cccc(C(=O)c2ccccc2)c1. The monoisotopic (exact) mass is 250 g/mol. The van der Waals surface area contributed by atoms with E-state index in [1.165, 1.54) is 6.07 Å². The lowest BCUT2D eigenvalue weighted by Crippen LogP contribution is -2.02. The molecule has 0 aliphatic rings. The summed E-state index contributed by atoms with van der Waals surface area (Å²) in [7, 11) is 0. The summed E-state index contributed by atoms with van der Waals surface area (Å²) in [5, 5.41) is 11.5. The second-order valence-electron chi connectivity index (χ2n) is 3.96. The van der Waals surface area contributed by atoms with Gasteiger partial charge in [0.25, 0.3) is 0 Å². The highest BCUT2D eigenvalue weighted by molar-refractivity contribution is 6.09. The van der Waals surface area contributed by atoms with Gasteiger partial charge in [-0.3, -0.25) is 4.79 Å². The molecule has 0 aliphatic heterocycles. The number of hydrogen-bond donors (Lipinski definition) is 0. The van der Waals surface area contributed by atoms with Gasteiger partial charge in [0.2, 0.25) is 6.04 Å². The Balaban J connectivity index is 2.37. The summed E-state index contributed by atoms with van der Waals surface area (Å²) in [5.74, 6) is -0.148. The maximum atomic E-state index is 12.2. The fourth-order valence-corrected chi connectivity index (χ4v) is 1.77. The summed E-state index contributed by atoms with van der Waals surface area (Å²) in [5.41, 5.74) is 1.43. The van der Waals surface area contributed by atoms with Gasteiger partial charge in [0, 0.05) is 11.1 Å². The molecule has 4 nitrogen and oxygen atoms in total. The predicted octanol–water partition coefficient (Wildman–Crippen LogP) is 3.25. The highest BCUT2D eigenvalue weighted by Crippen LogP contribution is 2.19. The first-order chi connectivity index (χ1) is 9.26. The summed E-state index contributed by atoms with van der Waals surface area (Å²) in [6.07, 6.45) is 0. The van der Waals surface area contributed by atoms with Gasteiger partial charge >= 0.3 is 0 Å². The number of hydrogen-bond acceptors (Lipinski definition) is 4. The number of carbonyl (C=O) groups is 1. The molecule has 2 rings (SSSR count). The Hall–Kier alpha value is -2.80. The molecule has 4 heteroatoms. The minimum atomic E-state index is -1.08. The van der Waals surface area contributed by atoms with Crippen LogP contribution in [0.2, 0.25) is 0 Å². The molecule has 19 heavy (non-hydrogen) atoms. The lowest BCUT2D eigenvalue weighted by molar-refractivity contribution is 0.103. The predicted molar refractivity (Wildman–Crippen MR) is 70.5 cm³/mol. The van der Waals surface area contributed by atoms with Gasteiger partial charge in [-0.15, -0.1) is 4.91 Å². The Morgan fingerprint density at radius 2 is 1.74 bits per heavy atom. The Bertz CT molecular complexity index is 645. The van der Waals surface area contributed by atoms with E-state index in [1.807, 2.05) is 6.07 Å². The normalized spacial score (nSPS) is 11.3. The lowest BCUT2D eigenvalue weighted by Gasteiger charge is -2.04. The number of nitriles is 1.